The van der Waals surface area contributed by atoms with Crippen LogP contribution < -0.4 is 5.73 Å². The summed E-state index contributed by atoms with van der Waals surface area (Å²) in [5.41, 5.74) is 5.53. The van der Waals surface area contributed by atoms with Crippen molar-refractivity contribution in [1.29, 1.82) is 0 Å². The molecular weight excluding hydrogens is 297 g/mol. The Morgan fingerprint density at radius 2 is 2.12 bits per heavy atom. The van der Waals surface area contributed by atoms with E-state index in [1.54, 1.807) is 12.1 Å². The Morgan fingerprint density at radius 3 is 2.69 bits per heavy atom. The van der Waals surface area contributed by atoms with Crippen LogP contribution in [-0.2, 0) is 5.54 Å². The maximum atomic E-state index is 5.93. The normalized spacial score (nSPS) is 16.9. The molecule has 2 aromatic rings. The zero-order chi connectivity index (χ0) is 10.5. The fourth-order valence-corrected chi connectivity index (χ4v) is 1.62. The van der Waals surface area contributed by atoms with Crippen LogP contribution in [-0.4, -0.2) is 10.1 Å². The molecule has 16 heavy (non-hydrogen) atoms. The second kappa shape index (κ2) is 3.87. The van der Waals surface area contributed by atoms with Gasteiger partial charge in [0.15, 0.2) is 10.4 Å². The van der Waals surface area contributed by atoms with E-state index in [4.69, 9.17) is 14.7 Å². The largest absolute Gasteiger partial charge is 0.446 e. The van der Waals surface area contributed by atoms with Crippen molar-refractivity contribution in [3.05, 3.63) is 22.7 Å². The summed E-state index contributed by atoms with van der Waals surface area (Å²) < 4.78 is 11.0. The van der Waals surface area contributed by atoms with E-state index in [1.807, 2.05) is 0 Å². The molecule has 3 rings (SSSR count). The quantitative estimate of drug-likeness (QED) is 0.922. The van der Waals surface area contributed by atoms with E-state index in [9.17, 15) is 0 Å². The molecule has 0 spiro atoms. The van der Waals surface area contributed by atoms with E-state index in [-0.39, 0.29) is 12.4 Å². The zero-order valence-electron chi connectivity index (χ0n) is 8.14. The first-order valence-electron chi connectivity index (χ1n) is 4.56. The Bertz CT molecular complexity index is 506. The maximum absolute atomic E-state index is 5.93. The SMILES string of the molecule is Cl.NC1(c2nc(-c3ccc(Br)o3)no2)CC1. The third-order valence-electron chi connectivity index (χ3n) is 2.43. The summed E-state index contributed by atoms with van der Waals surface area (Å²) in [6.45, 7) is 0. The Hall–Kier alpha value is -0.850. The van der Waals surface area contributed by atoms with Gasteiger partial charge >= 0.3 is 0 Å². The number of hydrogen-bond acceptors (Lipinski definition) is 5. The molecule has 2 heterocycles. The first-order valence-corrected chi connectivity index (χ1v) is 5.35. The van der Waals surface area contributed by atoms with E-state index in [1.165, 1.54) is 0 Å². The minimum absolute atomic E-state index is 0. The van der Waals surface area contributed by atoms with Gasteiger partial charge in [0.2, 0.25) is 11.7 Å². The smallest absolute Gasteiger partial charge is 0.247 e. The van der Waals surface area contributed by atoms with E-state index in [2.05, 4.69) is 26.1 Å². The van der Waals surface area contributed by atoms with Gasteiger partial charge in [0.05, 0.1) is 5.54 Å². The molecule has 0 amide bonds. The average molecular weight is 307 g/mol. The highest BCUT2D eigenvalue weighted by molar-refractivity contribution is 9.10. The molecule has 7 heteroatoms. The van der Waals surface area contributed by atoms with Crippen LogP contribution in [0.2, 0.25) is 0 Å². The van der Waals surface area contributed by atoms with Crippen LogP contribution in [0.15, 0.2) is 25.7 Å². The number of aromatic nitrogens is 2. The second-order valence-corrected chi connectivity index (χ2v) is 4.46. The number of halogens is 2. The van der Waals surface area contributed by atoms with Gasteiger partial charge in [-0.3, -0.25) is 0 Å². The first-order chi connectivity index (χ1) is 7.17. The molecule has 0 saturated heterocycles. The zero-order valence-corrected chi connectivity index (χ0v) is 10.5. The maximum Gasteiger partial charge on any atom is 0.247 e. The topological polar surface area (TPSA) is 78.1 Å². The molecule has 0 aliphatic heterocycles. The lowest BCUT2D eigenvalue weighted by atomic mass is 10.3. The number of hydrogen-bond donors (Lipinski definition) is 1. The summed E-state index contributed by atoms with van der Waals surface area (Å²) in [4.78, 5) is 4.21. The molecule has 0 unspecified atom stereocenters. The van der Waals surface area contributed by atoms with Gasteiger partial charge in [-0.2, -0.15) is 4.98 Å². The number of nitrogens with two attached hydrogens (primary N) is 1. The molecule has 0 bridgehead atoms. The predicted octanol–water partition coefficient (Wildman–Crippen LogP) is 2.46. The minimum Gasteiger partial charge on any atom is -0.446 e. The Kier molecular flexibility index (Phi) is 2.81. The van der Waals surface area contributed by atoms with Crippen LogP contribution in [0.25, 0.3) is 11.6 Å². The van der Waals surface area contributed by atoms with Crippen molar-refractivity contribution < 1.29 is 8.94 Å². The fourth-order valence-electron chi connectivity index (χ4n) is 1.31. The van der Waals surface area contributed by atoms with Crippen molar-refractivity contribution in [3.63, 3.8) is 0 Å². The van der Waals surface area contributed by atoms with Crippen LogP contribution >= 0.6 is 28.3 Å². The van der Waals surface area contributed by atoms with Crippen molar-refractivity contribution in [1.82, 2.24) is 10.1 Å². The molecule has 0 atom stereocenters. The Balaban J connectivity index is 0.000000963. The second-order valence-electron chi connectivity index (χ2n) is 3.68. The van der Waals surface area contributed by atoms with Gasteiger partial charge in [-0.05, 0) is 40.9 Å². The van der Waals surface area contributed by atoms with Crippen LogP contribution in [0.4, 0.5) is 0 Å². The molecule has 2 aromatic heterocycles. The number of rotatable bonds is 2. The lowest BCUT2D eigenvalue weighted by Gasteiger charge is -1.97. The molecule has 1 aliphatic carbocycles. The molecule has 5 nitrogen and oxygen atoms in total. The standard InChI is InChI=1S/C9H8BrN3O2.ClH/c10-6-2-1-5(14-6)7-12-8(15-13-7)9(11)3-4-9;/h1-2H,3-4,11H2;1H. The number of nitrogens with zero attached hydrogens (tertiary/aromatic N) is 2. The Labute approximate surface area is 106 Å². The minimum atomic E-state index is -0.394. The third kappa shape index (κ3) is 1.88. The lowest BCUT2D eigenvalue weighted by Crippen LogP contribution is -2.18. The van der Waals surface area contributed by atoms with Crippen molar-refractivity contribution in [2.45, 2.75) is 18.4 Å². The molecular formula is C9H9BrClN3O2. The third-order valence-corrected chi connectivity index (χ3v) is 2.86. The van der Waals surface area contributed by atoms with E-state index in [0.717, 1.165) is 12.8 Å². The Morgan fingerprint density at radius 1 is 1.38 bits per heavy atom. The summed E-state index contributed by atoms with van der Waals surface area (Å²) in [5, 5.41) is 3.83. The summed E-state index contributed by atoms with van der Waals surface area (Å²) in [6, 6.07) is 3.55. The predicted molar refractivity (Wildman–Crippen MR) is 62.0 cm³/mol. The van der Waals surface area contributed by atoms with Gasteiger partial charge < -0.3 is 14.7 Å². The molecule has 2 N–H and O–H groups in total. The highest BCUT2D eigenvalue weighted by atomic mass is 79.9. The van der Waals surface area contributed by atoms with Crippen molar-refractivity contribution in [2.24, 2.45) is 5.73 Å². The van der Waals surface area contributed by atoms with Gasteiger partial charge in [0, 0.05) is 0 Å². The summed E-state index contributed by atoms with van der Waals surface area (Å²) >= 11 is 3.21. The molecule has 0 radical (unpaired) electrons. The van der Waals surface area contributed by atoms with Crippen LogP contribution in [0.3, 0.4) is 0 Å². The van der Waals surface area contributed by atoms with Gasteiger partial charge in [0.25, 0.3) is 0 Å². The highest BCUT2D eigenvalue weighted by Crippen LogP contribution is 2.42. The van der Waals surface area contributed by atoms with Gasteiger partial charge in [-0.25, -0.2) is 0 Å². The summed E-state index contributed by atoms with van der Waals surface area (Å²) in [5.74, 6) is 1.50. The van der Waals surface area contributed by atoms with E-state index < -0.39 is 5.54 Å². The van der Waals surface area contributed by atoms with Crippen molar-refractivity contribution in [3.8, 4) is 11.6 Å². The van der Waals surface area contributed by atoms with E-state index >= 15 is 0 Å². The molecule has 1 fully saturated rings. The fraction of sp³-hybridized carbons (Fsp3) is 0.333. The van der Waals surface area contributed by atoms with Crippen LogP contribution in [0.1, 0.15) is 18.7 Å². The average Bonchev–Trinajstić information content (AvgIpc) is 2.72. The van der Waals surface area contributed by atoms with E-state index in [0.29, 0.717) is 22.1 Å². The number of furan rings is 1. The lowest BCUT2D eigenvalue weighted by molar-refractivity contribution is 0.347. The molecule has 1 saturated carbocycles. The van der Waals surface area contributed by atoms with Gasteiger partial charge in [-0.1, -0.05) is 5.16 Å². The van der Waals surface area contributed by atoms with Crippen molar-refractivity contribution in [2.75, 3.05) is 0 Å². The first kappa shape index (κ1) is 11.6. The highest BCUT2D eigenvalue weighted by Gasteiger charge is 2.45. The monoisotopic (exact) mass is 305 g/mol. The van der Waals surface area contributed by atoms with Gasteiger partial charge in [-0.15, -0.1) is 12.4 Å². The van der Waals surface area contributed by atoms with Crippen LogP contribution in [0, 0.1) is 0 Å². The molecule has 86 valence electrons. The summed E-state index contributed by atoms with van der Waals surface area (Å²) in [7, 11) is 0. The molecule has 1 aliphatic rings. The summed E-state index contributed by atoms with van der Waals surface area (Å²) in [6.07, 6.45) is 1.80. The van der Waals surface area contributed by atoms with Crippen molar-refractivity contribution >= 4 is 28.3 Å². The van der Waals surface area contributed by atoms with Gasteiger partial charge in [0.1, 0.15) is 0 Å². The van der Waals surface area contributed by atoms with Crippen LogP contribution in [0.5, 0.6) is 0 Å². The molecule has 0 aromatic carbocycles.